The molecule has 5 heteroatoms. The van der Waals surface area contributed by atoms with Crippen molar-refractivity contribution in [2.45, 2.75) is 207 Å². The molecule has 0 N–H and O–H groups in total. The molecule has 0 radical (unpaired) electrons. The molecule has 0 heterocycles. The minimum atomic E-state index is -0.578. The molecule has 0 aromatic carbocycles. The Morgan fingerprint density at radius 3 is 1.32 bits per heavy atom. The van der Waals surface area contributed by atoms with E-state index in [2.05, 4.69) is 106 Å². The predicted octanol–water partition coefficient (Wildman–Crippen LogP) is 15.3. The van der Waals surface area contributed by atoms with E-state index in [1.54, 1.807) is 0 Å². The average molecular weight is 779 g/mol. The average Bonchev–Trinajstić information content (AvgIpc) is 3.20. The third kappa shape index (κ3) is 43.8. The summed E-state index contributed by atoms with van der Waals surface area (Å²) >= 11 is 0. The van der Waals surface area contributed by atoms with Crippen molar-refractivity contribution < 1.29 is 23.8 Å². The number of unbranched alkanes of at least 4 members (excludes halogenated alkanes) is 16. The highest BCUT2D eigenvalue weighted by molar-refractivity contribution is 5.70. The van der Waals surface area contributed by atoms with Crippen LogP contribution in [0.4, 0.5) is 0 Å². The zero-order valence-corrected chi connectivity index (χ0v) is 36.6. The molecular weight excluding hydrogens is 693 g/mol. The SMILES string of the molecule is CC/C=C\C/C=C\C/C=C\C/C=C\C/C=C\CCOCC(COC(=O)CCCCCCCCC/C=C\C/C=C\CCCCC)OC(=O)CCCCCCCCC. The molecule has 320 valence electrons. The van der Waals surface area contributed by atoms with Gasteiger partial charge in [0.15, 0.2) is 6.10 Å². The molecule has 0 aliphatic carbocycles. The zero-order valence-electron chi connectivity index (χ0n) is 36.6. The van der Waals surface area contributed by atoms with Crippen LogP contribution in [0.5, 0.6) is 0 Å². The van der Waals surface area contributed by atoms with Crippen molar-refractivity contribution in [1.82, 2.24) is 0 Å². The fraction of sp³-hybridized carbons (Fsp3) is 0.686. The molecule has 0 rings (SSSR count). The van der Waals surface area contributed by atoms with Gasteiger partial charge in [0.05, 0.1) is 13.2 Å². The Balaban J connectivity index is 4.28. The second-order valence-corrected chi connectivity index (χ2v) is 14.9. The van der Waals surface area contributed by atoms with Crippen molar-refractivity contribution in [3.05, 3.63) is 85.1 Å². The molecule has 5 nitrogen and oxygen atoms in total. The van der Waals surface area contributed by atoms with E-state index in [4.69, 9.17) is 14.2 Å². The summed E-state index contributed by atoms with van der Waals surface area (Å²) in [7, 11) is 0. The van der Waals surface area contributed by atoms with Crippen molar-refractivity contribution in [2.75, 3.05) is 19.8 Å². The second-order valence-electron chi connectivity index (χ2n) is 14.9. The van der Waals surface area contributed by atoms with Crippen LogP contribution in [0.15, 0.2) is 85.1 Å². The van der Waals surface area contributed by atoms with Crippen molar-refractivity contribution in [3.8, 4) is 0 Å². The first kappa shape index (κ1) is 53.1. The fourth-order valence-electron chi connectivity index (χ4n) is 6.01. The molecule has 0 aliphatic heterocycles. The highest BCUT2D eigenvalue weighted by Crippen LogP contribution is 2.12. The number of esters is 2. The van der Waals surface area contributed by atoms with Crippen LogP contribution in [0.3, 0.4) is 0 Å². The molecule has 0 saturated heterocycles. The van der Waals surface area contributed by atoms with E-state index in [0.29, 0.717) is 19.4 Å². The molecule has 0 fully saturated rings. The molecule has 0 aliphatic rings. The summed E-state index contributed by atoms with van der Waals surface area (Å²) in [6, 6.07) is 0. The van der Waals surface area contributed by atoms with E-state index in [0.717, 1.165) is 83.5 Å². The van der Waals surface area contributed by atoms with Gasteiger partial charge in [0, 0.05) is 12.8 Å². The number of ether oxygens (including phenoxy) is 3. The predicted molar refractivity (Wildman–Crippen MR) is 242 cm³/mol. The maximum Gasteiger partial charge on any atom is 0.306 e. The van der Waals surface area contributed by atoms with Gasteiger partial charge >= 0.3 is 11.9 Å². The lowest BCUT2D eigenvalue weighted by molar-refractivity contribution is -0.162. The van der Waals surface area contributed by atoms with Gasteiger partial charge in [0.1, 0.15) is 6.61 Å². The van der Waals surface area contributed by atoms with Crippen LogP contribution >= 0.6 is 0 Å². The Morgan fingerprint density at radius 2 is 0.804 bits per heavy atom. The van der Waals surface area contributed by atoms with Gasteiger partial charge in [0.2, 0.25) is 0 Å². The number of carbonyl (C=O) groups excluding carboxylic acids is 2. The van der Waals surface area contributed by atoms with E-state index in [-0.39, 0.29) is 25.2 Å². The Bertz CT molecular complexity index is 1060. The molecule has 0 saturated carbocycles. The summed E-state index contributed by atoms with van der Waals surface area (Å²) in [6.45, 7) is 7.42. The first-order valence-electron chi connectivity index (χ1n) is 23.1. The first-order valence-corrected chi connectivity index (χ1v) is 23.1. The zero-order chi connectivity index (χ0) is 40.7. The normalized spacial score (nSPS) is 13.0. The largest absolute Gasteiger partial charge is 0.462 e. The summed E-state index contributed by atoms with van der Waals surface area (Å²) in [4.78, 5) is 25.1. The van der Waals surface area contributed by atoms with Crippen LogP contribution in [0.2, 0.25) is 0 Å². The standard InChI is InChI=1S/C51H86O5/c1-4-7-10-13-16-18-20-22-24-26-27-29-31-33-36-38-41-44-50(52)55-48-49(56-51(53)45-42-39-35-15-12-9-6-3)47-54-46-43-40-37-34-32-30-28-25-23-21-19-17-14-11-8-5-2/h8,11,16-19,22-25,30,32,37,40,49H,4-7,9-10,12-15,20-21,26-29,31,33-36,38-39,41-48H2,1-3H3/b11-8-,18-16-,19-17-,24-22-,25-23-,32-30-,40-37-. The highest BCUT2D eigenvalue weighted by Gasteiger charge is 2.17. The van der Waals surface area contributed by atoms with Crippen LogP contribution in [0, 0.1) is 0 Å². The van der Waals surface area contributed by atoms with Gasteiger partial charge in [-0.25, -0.2) is 0 Å². The summed E-state index contributed by atoms with van der Waals surface area (Å²) in [6.07, 6.45) is 60.4. The molecule has 0 amide bonds. The quantitative estimate of drug-likeness (QED) is 0.0351. The van der Waals surface area contributed by atoms with Gasteiger partial charge in [-0.15, -0.1) is 0 Å². The van der Waals surface area contributed by atoms with Crippen molar-refractivity contribution in [3.63, 3.8) is 0 Å². The minimum Gasteiger partial charge on any atom is -0.462 e. The van der Waals surface area contributed by atoms with Crippen LogP contribution in [-0.2, 0) is 23.8 Å². The van der Waals surface area contributed by atoms with E-state index in [1.165, 1.54) is 83.5 Å². The maximum atomic E-state index is 12.6. The molecule has 0 bridgehead atoms. The second kappa shape index (κ2) is 46.5. The Morgan fingerprint density at radius 1 is 0.411 bits per heavy atom. The Labute approximate surface area is 346 Å². The number of rotatable bonds is 41. The van der Waals surface area contributed by atoms with Crippen LogP contribution in [0.25, 0.3) is 0 Å². The number of hydrogen-bond acceptors (Lipinski definition) is 5. The Kier molecular flexibility index (Phi) is 44.0. The monoisotopic (exact) mass is 779 g/mol. The molecule has 0 spiro atoms. The lowest BCUT2D eigenvalue weighted by Crippen LogP contribution is -2.30. The smallest absolute Gasteiger partial charge is 0.306 e. The summed E-state index contributed by atoms with van der Waals surface area (Å²) in [5.74, 6) is -0.457. The van der Waals surface area contributed by atoms with Gasteiger partial charge in [-0.1, -0.05) is 189 Å². The number of allylic oxidation sites excluding steroid dienone is 13. The molecule has 0 aromatic heterocycles. The number of carbonyl (C=O) groups is 2. The van der Waals surface area contributed by atoms with Crippen molar-refractivity contribution in [2.24, 2.45) is 0 Å². The third-order valence-corrected chi connectivity index (χ3v) is 9.43. The molecule has 1 unspecified atom stereocenters. The minimum absolute atomic E-state index is 0.0486. The summed E-state index contributed by atoms with van der Waals surface area (Å²) in [5.41, 5.74) is 0. The van der Waals surface area contributed by atoms with Crippen molar-refractivity contribution in [1.29, 1.82) is 0 Å². The molecule has 56 heavy (non-hydrogen) atoms. The van der Waals surface area contributed by atoms with Gasteiger partial charge in [-0.2, -0.15) is 0 Å². The van der Waals surface area contributed by atoms with Gasteiger partial charge in [0.25, 0.3) is 0 Å². The molecular formula is C51H86O5. The maximum absolute atomic E-state index is 12.6. The van der Waals surface area contributed by atoms with E-state index < -0.39 is 6.10 Å². The molecule has 1 atom stereocenters. The third-order valence-electron chi connectivity index (χ3n) is 9.43. The van der Waals surface area contributed by atoms with Crippen molar-refractivity contribution >= 4 is 11.9 Å². The highest BCUT2D eigenvalue weighted by atomic mass is 16.6. The lowest BCUT2D eigenvalue weighted by atomic mass is 10.1. The lowest BCUT2D eigenvalue weighted by Gasteiger charge is -2.18. The van der Waals surface area contributed by atoms with Gasteiger partial charge in [-0.05, 0) is 83.5 Å². The van der Waals surface area contributed by atoms with Crippen LogP contribution in [-0.4, -0.2) is 37.9 Å². The number of hydrogen-bond donors (Lipinski definition) is 0. The summed E-state index contributed by atoms with van der Waals surface area (Å²) < 4.78 is 17.2. The topological polar surface area (TPSA) is 61.8 Å². The van der Waals surface area contributed by atoms with Gasteiger partial charge in [-0.3, -0.25) is 9.59 Å². The van der Waals surface area contributed by atoms with Crippen LogP contribution < -0.4 is 0 Å². The van der Waals surface area contributed by atoms with E-state index in [9.17, 15) is 9.59 Å². The summed E-state index contributed by atoms with van der Waals surface area (Å²) in [5, 5.41) is 0. The van der Waals surface area contributed by atoms with E-state index >= 15 is 0 Å². The van der Waals surface area contributed by atoms with Gasteiger partial charge < -0.3 is 14.2 Å². The Hall–Kier alpha value is -2.92. The van der Waals surface area contributed by atoms with E-state index in [1.807, 2.05) is 0 Å². The first-order chi connectivity index (χ1) is 27.6. The molecule has 0 aromatic rings. The van der Waals surface area contributed by atoms with Crippen LogP contribution in [0.1, 0.15) is 201 Å². The fourth-order valence-corrected chi connectivity index (χ4v) is 6.01.